The highest BCUT2D eigenvalue weighted by atomic mass is 16.3. The van der Waals surface area contributed by atoms with Crippen molar-refractivity contribution in [3.63, 3.8) is 0 Å². The standard InChI is InChI=1S/C23H28N2O3/c26-17-19-12-14-25(15-13-19)23(28)20-9-5-10-21(16-20)24-22(27)11-4-8-18-6-2-1-3-7-18/h1-3,5-7,9-10,16,19,26H,4,8,11-15,17H2,(H,24,27). The number of nitrogens with one attached hydrogen (secondary N) is 1. The molecule has 1 fully saturated rings. The summed E-state index contributed by atoms with van der Waals surface area (Å²) in [5.41, 5.74) is 2.47. The summed E-state index contributed by atoms with van der Waals surface area (Å²) in [6, 6.07) is 17.3. The molecule has 0 aliphatic carbocycles. The number of carbonyl (C=O) groups is 2. The summed E-state index contributed by atoms with van der Waals surface area (Å²) in [4.78, 5) is 26.8. The van der Waals surface area contributed by atoms with Crippen molar-refractivity contribution in [2.24, 2.45) is 5.92 Å². The van der Waals surface area contributed by atoms with Gasteiger partial charge in [-0.1, -0.05) is 36.4 Å². The van der Waals surface area contributed by atoms with Gasteiger partial charge in [-0.25, -0.2) is 0 Å². The van der Waals surface area contributed by atoms with Crippen molar-refractivity contribution in [2.45, 2.75) is 32.1 Å². The molecule has 0 radical (unpaired) electrons. The predicted octanol–water partition coefficient (Wildman–Crippen LogP) is 3.49. The molecule has 2 aromatic carbocycles. The zero-order valence-corrected chi connectivity index (χ0v) is 16.1. The quantitative estimate of drug-likeness (QED) is 0.772. The fourth-order valence-corrected chi connectivity index (χ4v) is 3.55. The lowest BCUT2D eigenvalue weighted by molar-refractivity contribution is -0.116. The van der Waals surface area contributed by atoms with Gasteiger partial charge in [-0.05, 0) is 55.4 Å². The molecule has 2 aromatic rings. The van der Waals surface area contributed by atoms with Crippen molar-refractivity contribution in [3.05, 3.63) is 65.7 Å². The van der Waals surface area contributed by atoms with Gasteiger partial charge in [0.2, 0.25) is 5.91 Å². The van der Waals surface area contributed by atoms with Crippen LogP contribution in [0.3, 0.4) is 0 Å². The number of carbonyl (C=O) groups excluding carboxylic acids is 2. The number of nitrogens with zero attached hydrogens (tertiary/aromatic N) is 1. The molecule has 5 nitrogen and oxygen atoms in total. The molecule has 0 bridgehead atoms. The van der Waals surface area contributed by atoms with E-state index in [1.165, 1.54) is 5.56 Å². The summed E-state index contributed by atoms with van der Waals surface area (Å²) in [6.45, 7) is 1.52. The van der Waals surface area contributed by atoms with Gasteiger partial charge >= 0.3 is 0 Å². The Kier molecular flexibility index (Phi) is 7.20. The zero-order valence-electron chi connectivity index (χ0n) is 16.1. The van der Waals surface area contributed by atoms with E-state index in [1.807, 2.05) is 29.2 Å². The molecule has 148 valence electrons. The average molecular weight is 380 g/mol. The molecule has 28 heavy (non-hydrogen) atoms. The Balaban J connectivity index is 1.50. The Morgan fingerprint density at radius 2 is 1.79 bits per heavy atom. The highest BCUT2D eigenvalue weighted by Crippen LogP contribution is 2.20. The Morgan fingerprint density at radius 3 is 2.50 bits per heavy atom. The van der Waals surface area contributed by atoms with Crippen LogP contribution in [0, 0.1) is 5.92 Å². The van der Waals surface area contributed by atoms with Crippen molar-refractivity contribution in [3.8, 4) is 0 Å². The monoisotopic (exact) mass is 380 g/mol. The number of aliphatic hydroxyl groups excluding tert-OH is 1. The Bertz CT molecular complexity index is 783. The minimum Gasteiger partial charge on any atom is -0.396 e. The molecule has 0 spiro atoms. The maximum atomic E-state index is 12.7. The predicted molar refractivity (Wildman–Crippen MR) is 110 cm³/mol. The number of aryl methyl sites for hydroxylation is 1. The van der Waals surface area contributed by atoms with Crippen molar-refractivity contribution in [2.75, 3.05) is 25.0 Å². The Morgan fingerprint density at radius 1 is 1.04 bits per heavy atom. The molecule has 0 aromatic heterocycles. The van der Waals surface area contributed by atoms with Gasteiger partial charge in [-0.2, -0.15) is 0 Å². The van der Waals surface area contributed by atoms with Crippen LogP contribution in [0.4, 0.5) is 5.69 Å². The van der Waals surface area contributed by atoms with Gasteiger partial charge in [-0.15, -0.1) is 0 Å². The number of anilines is 1. The number of benzene rings is 2. The smallest absolute Gasteiger partial charge is 0.253 e. The van der Waals surface area contributed by atoms with Gasteiger partial charge in [0.15, 0.2) is 0 Å². The first-order chi connectivity index (χ1) is 13.7. The number of likely N-dealkylation sites (tertiary alicyclic amines) is 1. The maximum absolute atomic E-state index is 12.7. The largest absolute Gasteiger partial charge is 0.396 e. The Hall–Kier alpha value is -2.66. The fourth-order valence-electron chi connectivity index (χ4n) is 3.55. The first kappa shape index (κ1) is 20.1. The summed E-state index contributed by atoms with van der Waals surface area (Å²) in [5.74, 6) is 0.242. The third kappa shape index (κ3) is 5.67. The maximum Gasteiger partial charge on any atom is 0.253 e. The van der Waals surface area contributed by atoms with Crippen molar-refractivity contribution >= 4 is 17.5 Å². The summed E-state index contributed by atoms with van der Waals surface area (Å²) in [5, 5.41) is 12.1. The molecule has 0 unspecified atom stereocenters. The number of aliphatic hydroxyl groups is 1. The molecule has 5 heteroatoms. The topological polar surface area (TPSA) is 69.6 Å². The van der Waals surface area contributed by atoms with Crippen molar-refractivity contribution in [1.82, 2.24) is 4.90 Å². The van der Waals surface area contributed by atoms with E-state index in [2.05, 4.69) is 17.4 Å². The van der Waals surface area contributed by atoms with E-state index in [-0.39, 0.29) is 18.4 Å². The van der Waals surface area contributed by atoms with Crippen molar-refractivity contribution in [1.29, 1.82) is 0 Å². The van der Waals surface area contributed by atoms with E-state index in [9.17, 15) is 14.7 Å². The molecule has 1 saturated heterocycles. The van der Waals surface area contributed by atoms with E-state index in [0.717, 1.165) is 25.7 Å². The number of hydrogen-bond donors (Lipinski definition) is 2. The summed E-state index contributed by atoms with van der Waals surface area (Å²) >= 11 is 0. The molecule has 3 rings (SSSR count). The van der Waals surface area contributed by atoms with Gasteiger partial charge in [0.1, 0.15) is 0 Å². The molecule has 0 atom stereocenters. The van der Waals surface area contributed by atoms with Crippen LogP contribution in [0.2, 0.25) is 0 Å². The van der Waals surface area contributed by atoms with Gasteiger partial charge in [0, 0.05) is 37.4 Å². The van der Waals surface area contributed by atoms with E-state index < -0.39 is 0 Å². The molecule has 2 N–H and O–H groups in total. The first-order valence-electron chi connectivity index (χ1n) is 9.99. The number of amides is 2. The lowest BCUT2D eigenvalue weighted by Crippen LogP contribution is -2.39. The van der Waals surface area contributed by atoms with Crippen LogP contribution in [0.1, 0.15) is 41.6 Å². The fraction of sp³-hybridized carbons (Fsp3) is 0.391. The minimum atomic E-state index is -0.0377. The second kappa shape index (κ2) is 10.0. The minimum absolute atomic E-state index is 0.0171. The van der Waals surface area contributed by atoms with Crippen LogP contribution in [0.5, 0.6) is 0 Å². The molecule has 1 aliphatic heterocycles. The summed E-state index contributed by atoms with van der Waals surface area (Å²) in [6.07, 6.45) is 3.77. The van der Waals surface area contributed by atoms with Crippen LogP contribution in [0.15, 0.2) is 54.6 Å². The molecule has 2 amide bonds. The normalized spacial score (nSPS) is 14.7. The molecule has 1 aliphatic rings. The third-order valence-electron chi connectivity index (χ3n) is 5.27. The van der Waals surface area contributed by atoms with Gasteiger partial charge in [0.25, 0.3) is 5.91 Å². The van der Waals surface area contributed by atoms with Gasteiger partial charge in [-0.3, -0.25) is 9.59 Å². The SMILES string of the molecule is O=C(CCCc1ccccc1)Nc1cccc(C(=O)N2CCC(CO)CC2)c1. The van der Waals surface area contributed by atoms with Gasteiger partial charge < -0.3 is 15.3 Å². The van der Waals surface area contributed by atoms with E-state index >= 15 is 0 Å². The lowest BCUT2D eigenvalue weighted by Gasteiger charge is -2.31. The molecular formula is C23H28N2O3. The van der Waals surface area contributed by atoms with E-state index in [1.54, 1.807) is 18.2 Å². The highest BCUT2D eigenvalue weighted by Gasteiger charge is 2.23. The number of piperidine rings is 1. The average Bonchev–Trinajstić information content (AvgIpc) is 2.74. The number of rotatable bonds is 7. The van der Waals surface area contributed by atoms with Gasteiger partial charge in [0.05, 0.1) is 0 Å². The van der Waals surface area contributed by atoms with E-state index in [4.69, 9.17) is 0 Å². The zero-order chi connectivity index (χ0) is 19.8. The second-order valence-corrected chi connectivity index (χ2v) is 7.39. The highest BCUT2D eigenvalue weighted by molar-refractivity contribution is 5.97. The van der Waals surface area contributed by atoms with Crippen LogP contribution in [-0.2, 0) is 11.2 Å². The van der Waals surface area contributed by atoms with E-state index in [0.29, 0.717) is 36.7 Å². The van der Waals surface area contributed by atoms with Crippen LogP contribution in [-0.4, -0.2) is 41.5 Å². The first-order valence-corrected chi connectivity index (χ1v) is 9.99. The molecule has 1 heterocycles. The second-order valence-electron chi connectivity index (χ2n) is 7.39. The molecular weight excluding hydrogens is 352 g/mol. The van der Waals surface area contributed by atoms with Crippen molar-refractivity contribution < 1.29 is 14.7 Å². The summed E-state index contributed by atoms with van der Waals surface area (Å²) in [7, 11) is 0. The van der Waals surface area contributed by atoms with Crippen LogP contribution in [0.25, 0.3) is 0 Å². The third-order valence-corrected chi connectivity index (χ3v) is 5.27. The lowest BCUT2D eigenvalue weighted by atomic mass is 9.97. The summed E-state index contributed by atoms with van der Waals surface area (Å²) < 4.78 is 0. The molecule has 0 saturated carbocycles. The Labute approximate surface area is 166 Å². The van der Waals surface area contributed by atoms with Crippen LogP contribution < -0.4 is 5.32 Å². The number of hydrogen-bond acceptors (Lipinski definition) is 3. The van der Waals surface area contributed by atoms with Crippen LogP contribution >= 0.6 is 0 Å².